The second kappa shape index (κ2) is 7.75. The Morgan fingerprint density at radius 3 is 2.68 bits per heavy atom. The number of ether oxygens (including phenoxy) is 1. The van der Waals surface area contributed by atoms with Gasteiger partial charge in [-0.15, -0.1) is 6.58 Å². The molecule has 0 N–H and O–H groups in total. The maximum atomic E-state index is 12.5. The zero-order valence-corrected chi connectivity index (χ0v) is 16.5. The molecule has 8 heteroatoms. The second-order valence-electron chi connectivity index (χ2n) is 6.68. The first-order valence-electron chi connectivity index (χ1n) is 8.95. The number of esters is 1. The van der Waals surface area contributed by atoms with Crippen molar-refractivity contribution in [2.75, 3.05) is 6.61 Å². The summed E-state index contributed by atoms with van der Waals surface area (Å²) in [6.45, 7) is 11.5. The number of aromatic nitrogens is 5. The van der Waals surface area contributed by atoms with E-state index >= 15 is 0 Å². The molecule has 0 fully saturated rings. The standard InChI is InChI=1S/C20H23N5O3/c1-6-7-24-12(2)8-17(14(24)4)18(26)10-28-19(27)9-16-13(3)23-20-21-11-22-25(20)15(16)5/h6,8,11H,1,7,9-10H2,2-5H3. The predicted molar refractivity (Wildman–Crippen MR) is 103 cm³/mol. The summed E-state index contributed by atoms with van der Waals surface area (Å²) in [5, 5.41) is 4.10. The van der Waals surface area contributed by atoms with Gasteiger partial charge in [0.25, 0.3) is 5.78 Å². The minimum atomic E-state index is -0.485. The summed E-state index contributed by atoms with van der Waals surface area (Å²) in [7, 11) is 0. The van der Waals surface area contributed by atoms with Gasteiger partial charge < -0.3 is 9.30 Å². The van der Waals surface area contributed by atoms with Crippen molar-refractivity contribution in [1.82, 2.24) is 24.1 Å². The summed E-state index contributed by atoms with van der Waals surface area (Å²) in [4.78, 5) is 33.2. The van der Waals surface area contributed by atoms with E-state index < -0.39 is 5.97 Å². The van der Waals surface area contributed by atoms with Crippen LogP contribution >= 0.6 is 0 Å². The van der Waals surface area contributed by atoms with Crippen LogP contribution in [0.5, 0.6) is 0 Å². The maximum absolute atomic E-state index is 12.5. The van der Waals surface area contributed by atoms with Crippen molar-refractivity contribution >= 4 is 17.5 Å². The van der Waals surface area contributed by atoms with Gasteiger partial charge in [0.15, 0.2) is 6.61 Å². The fourth-order valence-corrected chi connectivity index (χ4v) is 3.32. The number of ketones is 1. The third-order valence-electron chi connectivity index (χ3n) is 4.86. The summed E-state index contributed by atoms with van der Waals surface area (Å²) >= 11 is 0. The number of hydrogen-bond donors (Lipinski definition) is 0. The van der Waals surface area contributed by atoms with Crippen LogP contribution in [0.15, 0.2) is 25.0 Å². The first-order chi connectivity index (χ1) is 13.3. The molecule has 0 spiro atoms. The monoisotopic (exact) mass is 381 g/mol. The van der Waals surface area contributed by atoms with Gasteiger partial charge in [0, 0.05) is 40.4 Å². The van der Waals surface area contributed by atoms with Gasteiger partial charge in [-0.05, 0) is 33.8 Å². The van der Waals surface area contributed by atoms with Crippen LogP contribution in [-0.2, 0) is 22.5 Å². The van der Waals surface area contributed by atoms with E-state index in [1.807, 2.05) is 38.3 Å². The lowest BCUT2D eigenvalue weighted by Crippen LogP contribution is -2.18. The van der Waals surface area contributed by atoms with Crippen LogP contribution in [0.2, 0.25) is 0 Å². The van der Waals surface area contributed by atoms with Crippen LogP contribution in [0.25, 0.3) is 5.78 Å². The zero-order valence-electron chi connectivity index (χ0n) is 16.5. The van der Waals surface area contributed by atoms with Crippen LogP contribution in [0.1, 0.15) is 38.7 Å². The molecule has 0 aliphatic rings. The number of fused-ring (bicyclic) bond motifs is 1. The molecule has 0 atom stereocenters. The Balaban J connectivity index is 1.69. The van der Waals surface area contributed by atoms with Crippen molar-refractivity contribution in [2.24, 2.45) is 0 Å². The van der Waals surface area contributed by atoms with Gasteiger partial charge in [-0.3, -0.25) is 9.59 Å². The SMILES string of the molecule is C=CCn1c(C)cc(C(=O)COC(=O)Cc2c(C)nc3ncnn3c2C)c1C. The average Bonchev–Trinajstić information content (AvgIpc) is 3.23. The maximum Gasteiger partial charge on any atom is 0.310 e. The highest BCUT2D eigenvalue weighted by Crippen LogP contribution is 2.17. The molecule has 3 aromatic rings. The van der Waals surface area contributed by atoms with Crippen LogP contribution < -0.4 is 0 Å². The van der Waals surface area contributed by atoms with Gasteiger partial charge in [0.1, 0.15) is 6.33 Å². The molecule has 8 nitrogen and oxygen atoms in total. The second-order valence-corrected chi connectivity index (χ2v) is 6.68. The molecular formula is C20H23N5O3. The van der Waals surface area contributed by atoms with E-state index in [0.717, 1.165) is 22.6 Å². The number of hydrogen-bond acceptors (Lipinski definition) is 6. The highest BCUT2D eigenvalue weighted by atomic mass is 16.5. The summed E-state index contributed by atoms with van der Waals surface area (Å²) < 4.78 is 8.81. The lowest BCUT2D eigenvalue weighted by molar-refractivity contribution is -0.141. The summed E-state index contributed by atoms with van der Waals surface area (Å²) in [6.07, 6.45) is 3.21. The smallest absolute Gasteiger partial charge is 0.310 e. The van der Waals surface area contributed by atoms with Crippen LogP contribution in [0.3, 0.4) is 0 Å². The number of carbonyl (C=O) groups is 2. The Labute approximate surface area is 162 Å². The fourth-order valence-electron chi connectivity index (χ4n) is 3.32. The highest BCUT2D eigenvalue weighted by molar-refractivity contribution is 5.99. The minimum absolute atomic E-state index is 0.0171. The largest absolute Gasteiger partial charge is 0.457 e. The molecule has 3 heterocycles. The third kappa shape index (κ3) is 3.58. The molecule has 0 radical (unpaired) electrons. The van der Waals surface area contributed by atoms with E-state index in [2.05, 4.69) is 21.6 Å². The van der Waals surface area contributed by atoms with E-state index in [-0.39, 0.29) is 18.8 Å². The molecule has 0 aliphatic heterocycles. The van der Waals surface area contributed by atoms with Crippen molar-refractivity contribution < 1.29 is 14.3 Å². The third-order valence-corrected chi connectivity index (χ3v) is 4.86. The Kier molecular flexibility index (Phi) is 5.39. The molecule has 0 aromatic carbocycles. The van der Waals surface area contributed by atoms with Gasteiger partial charge in [0.2, 0.25) is 5.78 Å². The predicted octanol–water partition coefficient (Wildman–Crippen LogP) is 2.31. The molecule has 0 saturated carbocycles. The number of rotatable bonds is 7. The topological polar surface area (TPSA) is 91.4 Å². The first-order valence-corrected chi connectivity index (χ1v) is 8.95. The highest BCUT2D eigenvalue weighted by Gasteiger charge is 2.19. The lowest BCUT2D eigenvalue weighted by atomic mass is 10.1. The molecule has 28 heavy (non-hydrogen) atoms. The first kappa shape index (κ1) is 19.5. The van der Waals surface area contributed by atoms with Crippen molar-refractivity contribution in [1.29, 1.82) is 0 Å². The molecule has 3 rings (SSSR count). The van der Waals surface area contributed by atoms with Gasteiger partial charge in [-0.2, -0.15) is 10.1 Å². The number of Topliss-reactive ketones (excluding diaryl/α,β-unsaturated/α-hetero) is 1. The lowest BCUT2D eigenvalue weighted by Gasteiger charge is -2.10. The number of aryl methyl sites for hydroxylation is 3. The Bertz CT molecular complexity index is 1080. The van der Waals surface area contributed by atoms with E-state index in [1.54, 1.807) is 10.6 Å². The van der Waals surface area contributed by atoms with Gasteiger partial charge in [-0.1, -0.05) is 6.08 Å². The van der Waals surface area contributed by atoms with E-state index in [0.29, 0.717) is 23.6 Å². The molecule has 0 unspecified atom stereocenters. The number of carbonyl (C=O) groups excluding carboxylic acids is 2. The zero-order chi connectivity index (χ0) is 20.4. The minimum Gasteiger partial charge on any atom is -0.457 e. The Morgan fingerprint density at radius 2 is 1.96 bits per heavy atom. The van der Waals surface area contributed by atoms with Gasteiger partial charge in [-0.25, -0.2) is 9.50 Å². The molecule has 0 saturated heterocycles. The van der Waals surface area contributed by atoms with Crippen molar-refractivity contribution in [2.45, 2.75) is 40.7 Å². The summed E-state index contributed by atoms with van der Waals surface area (Å²) in [6, 6.07) is 1.81. The van der Waals surface area contributed by atoms with Crippen molar-refractivity contribution in [3.05, 3.63) is 59.0 Å². The molecule has 146 valence electrons. The summed E-state index contributed by atoms with van der Waals surface area (Å²) in [5.41, 5.74) is 4.55. The Morgan fingerprint density at radius 1 is 1.21 bits per heavy atom. The quantitative estimate of drug-likeness (QED) is 0.354. The molecule has 0 aliphatic carbocycles. The van der Waals surface area contributed by atoms with Gasteiger partial charge >= 0.3 is 5.97 Å². The Hall–Kier alpha value is -3.29. The molecule has 0 amide bonds. The summed E-state index contributed by atoms with van der Waals surface area (Å²) in [5.74, 6) is -0.229. The van der Waals surface area contributed by atoms with Crippen LogP contribution in [-0.4, -0.2) is 42.5 Å². The fraction of sp³-hybridized carbons (Fsp3) is 0.350. The van der Waals surface area contributed by atoms with Crippen LogP contribution in [0.4, 0.5) is 0 Å². The molecule has 3 aromatic heterocycles. The average molecular weight is 381 g/mol. The van der Waals surface area contributed by atoms with Gasteiger partial charge in [0.05, 0.1) is 6.42 Å². The van der Waals surface area contributed by atoms with E-state index in [1.165, 1.54) is 6.33 Å². The van der Waals surface area contributed by atoms with Crippen LogP contribution in [0, 0.1) is 27.7 Å². The number of allylic oxidation sites excluding steroid dienone is 1. The normalized spacial score (nSPS) is 11.0. The van der Waals surface area contributed by atoms with Crippen molar-refractivity contribution in [3.8, 4) is 0 Å². The van der Waals surface area contributed by atoms with E-state index in [4.69, 9.17) is 4.74 Å². The number of nitrogens with zero attached hydrogens (tertiary/aromatic N) is 5. The van der Waals surface area contributed by atoms with E-state index in [9.17, 15) is 9.59 Å². The molecule has 0 bridgehead atoms. The van der Waals surface area contributed by atoms with Crippen molar-refractivity contribution in [3.63, 3.8) is 0 Å². The molecular weight excluding hydrogens is 358 g/mol.